The first kappa shape index (κ1) is 33.0. The Morgan fingerprint density at radius 3 is 2.67 bits per heavy atom. The fourth-order valence-corrected chi connectivity index (χ4v) is 6.70. The van der Waals surface area contributed by atoms with Gasteiger partial charge >= 0.3 is 0 Å². The van der Waals surface area contributed by atoms with Crippen molar-refractivity contribution < 1.29 is 29.8 Å². The van der Waals surface area contributed by atoms with E-state index in [1.54, 1.807) is 18.2 Å². The summed E-state index contributed by atoms with van der Waals surface area (Å²) in [6.07, 6.45) is 11.9. The summed E-state index contributed by atoms with van der Waals surface area (Å²) in [6.45, 7) is 1.01. The van der Waals surface area contributed by atoms with E-state index in [1.807, 2.05) is 24.4 Å². The van der Waals surface area contributed by atoms with E-state index in [2.05, 4.69) is 17.3 Å². The summed E-state index contributed by atoms with van der Waals surface area (Å²) in [5, 5.41) is 31.2. The first-order chi connectivity index (χ1) is 21.7. The number of carbonyl (C=O) groups is 1. The van der Waals surface area contributed by atoms with Crippen molar-refractivity contribution in [1.82, 2.24) is 0 Å². The molecule has 3 atom stereocenters. The number of hydrogen-bond donors (Lipinski definition) is 6. The number of fused-ring (bicyclic) bond motifs is 1. The molecule has 1 fully saturated rings. The number of quaternary nitrogens is 1. The highest BCUT2D eigenvalue weighted by molar-refractivity contribution is 6.08. The molecule has 2 aliphatic heterocycles. The zero-order valence-corrected chi connectivity index (χ0v) is 26.2. The van der Waals surface area contributed by atoms with Gasteiger partial charge in [0.25, 0.3) is 0 Å². The molecular weight excluding hydrogens is 568 g/mol. The predicted octanol–water partition coefficient (Wildman–Crippen LogP) is 3.37. The zero-order valence-electron chi connectivity index (χ0n) is 26.2. The molecule has 8 N–H and O–H groups in total. The molecule has 242 valence electrons. The Balaban J connectivity index is 1.05. The lowest BCUT2D eigenvalue weighted by molar-refractivity contribution is -0.851. The van der Waals surface area contributed by atoms with Crippen molar-refractivity contribution in [2.75, 3.05) is 13.3 Å². The lowest BCUT2D eigenvalue weighted by Crippen LogP contribution is -3.07. The number of Topliss-reactive ketones (excluding diaryl/α,β-unsaturated/α-hetero) is 1. The number of aromatic hydroxyl groups is 1. The van der Waals surface area contributed by atoms with Crippen LogP contribution in [0.1, 0.15) is 87.1 Å². The van der Waals surface area contributed by atoms with E-state index in [0.717, 1.165) is 51.3 Å². The van der Waals surface area contributed by atoms with Crippen LogP contribution in [0.3, 0.4) is 0 Å². The van der Waals surface area contributed by atoms with Crippen LogP contribution in [-0.2, 0) is 17.6 Å². The van der Waals surface area contributed by atoms with Gasteiger partial charge in [-0.15, -0.1) is 0 Å². The standard InChI is InChI=1S/C36H48N4O5/c37-36(38)27-8-4-7-26(15-27)16-28-20-39-33-22-40(21-32(28)33)23-45-35-17-25(11-14-34(35)44)10-13-30(42)19-31(43)18-29(41)12-9-24-5-2-1-3-6-24/h4,7-8,11,14-15,17,20-21,24,29,31,36,41,43-44H,1-3,5-6,9-10,12-13,16,18-19,22-23,37-38H2/p+1. The molecule has 1 saturated carbocycles. The number of ether oxygens (including phenoxy) is 1. The Labute approximate surface area is 266 Å². The summed E-state index contributed by atoms with van der Waals surface area (Å²) in [6, 6.07) is 13.1. The molecule has 0 bridgehead atoms. The van der Waals surface area contributed by atoms with Crippen molar-refractivity contribution in [3.05, 3.63) is 82.7 Å². The van der Waals surface area contributed by atoms with Crippen molar-refractivity contribution >= 4 is 11.5 Å². The van der Waals surface area contributed by atoms with Crippen LogP contribution in [0.2, 0.25) is 0 Å². The summed E-state index contributed by atoms with van der Waals surface area (Å²) >= 11 is 0. The Hall–Kier alpha value is -3.34. The van der Waals surface area contributed by atoms with Crippen LogP contribution in [0, 0.1) is 5.92 Å². The number of carbonyl (C=O) groups excluding carboxylic acids is 1. The maximum absolute atomic E-state index is 12.6. The van der Waals surface area contributed by atoms with E-state index in [-0.39, 0.29) is 30.8 Å². The Bertz CT molecular complexity index is 1410. The molecule has 9 heteroatoms. The summed E-state index contributed by atoms with van der Waals surface area (Å²) in [4.78, 5) is 18.3. The quantitative estimate of drug-likeness (QED) is 0.158. The van der Waals surface area contributed by atoms with E-state index >= 15 is 0 Å². The number of phenolic OH excluding ortho intramolecular Hbond substituents is 1. The van der Waals surface area contributed by atoms with Gasteiger partial charge in [-0.25, -0.2) is 0 Å². The number of aliphatic imine (C=N–C) groups is 1. The van der Waals surface area contributed by atoms with Crippen LogP contribution >= 0.6 is 0 Å². The molecule has 2 aromatic rings. The molecule has 0 radical (unpaired) electrons. The number of phenols is 1. The molecule has 3 aliphatic rings. The van der Waals surface area contributed by atoms with E-state index in [0.29, 0.717) is 37.8 Å². The third-order valence-corrected chi connectivity index (χ3v) is 9.28. The largest absolute Gasteiger partial charge is 0.504 e. The molecule has 5 rings (SSSR count). The third-order valence-electron chi connectivity index (χ3n) is 9.28. The second-order valence-corrected chi connectivity index (χ2v) is 13.0. The average Bonchev–Trinajstić information content (AvgIpc) is 3.60. The minimum atomic E-state index is -0.830. The second-order valence-electron chi connectivity index (χ2n) is 13.0. The number of nitrogens with two attached hydrogens (primary N) is 2. The number of nitrogens with one attached hydrogen (secondary N) is 1. The van der Waals surface area contributed by atoms with Gasteiger partial charge in [-0.3, -0.25) is 14.7 Å². The van der Waals surface area contributed by atoms with Gasteiger partial charge in [0.2, 0.25) is 6.73 Å². The third kappa shape index (κ3) is 9.58. The van der Waals surface area contributed by atoms with Crippen LogP contribution in [0.4, 0.5) is 0 Å². The number of allylic oxidation sites excluding steroid dienone is 1. The number of aliphatic hydroxyl groups is 2. The highest BCUT2D eigenvalue weighted by Gasteiger charge is 2.30. The topological polar surface area (TPSA) is 156 Å². The number of benzene rings is 2. The van der Waals surface area contributed by atoms with Gasteiger partial charge in [-0.05, 0) is 72.4 Å². The van der Waals surface area contributed by atoms with E-state index in [1.165, 1.54) is 32.1 Å². The maximum Gasteiger partial charge on any atom is 0.227 e. The monoisotopic (exact) mass is 617 g/mol. The molecule has 9 nitrogen and oxygen atoms in total. The van der Waals surface area contributed by atoms with Gasteiger partial charge in [0.1, 0.15) is 24.2 Å². The number of aliphatic hydroxyl groups excluding tert-OH is 2. The van der Waals surface area contributed by atoms with E-state index < -0.39 is 18.4 Å². The van der Waals surface area contributed by atoms with Crippen LogP contribution < -0.4 is 21.1 Å². The smallest absolute Gasteiger partial charge is 0.227 e. The minimum Gasteiger partial charge on any atom is -0.504 e. The normalized spacial score (nSPS) is 19.6. The predicted molar refractivity (Wildman–Crippen MR) is 175 cm³/mol. The lowest BCUT2D eigenvalue weighted by atomic mass is 9.85. The molecule has 45 heavy (non-hydrogen) atoms. The fraction of sp³-hybridized carbons (Fsp3) is 0.500. The van der Waals surface area contributed by atoms with Crippen LogP contribution in [-0.4, -0.2) is 52.3 Å². The molecular formula is C36H49N4O5+. The van der Waals surface area contributed by atoms with Crippen LogP contribution in [0.15, 0.2) is 71.0 Å². The van der Waals surface area contributed by atoms with Crippen molar-refractivity contribution in [3.63, 3.8) is 0 Å². The zero-order chi connectivity index (χ0) is 31.8. The van der Waals surface area contributed by atoms with Gasteiger partial charge in [0.15, 0.2) is 11.5 Å². The molecule has 2 aromatic carbocycles. The van der Waals surface area contributed by atoms with E-state index in [9.17, 15) is 20.1 Å². The number of ketones is 1. The van der Waals surface area contributed by atoms with Crippen LogP contribution in [0.25, 0.3) is 0 Å². The van der Waals surface area contributed by atoms with Gasteiger partial charge in [-0.1, -0.05) is 62.4 Å². The highest BCUT2D eigenvalue weighted by atomic mass is 16.5. The molecule has 3 unspecified atom stereocenters. The Morgan fingerprint density at radius 1 is 1.04 bits per heavy atom. The minimum absolute atomic E-state index is 0.0422. The molecule has 0 spiro atoms. The Morgan fingerprint density at radius 2 is 1.87 bits per heavy atom. The van der Waals surface area contributed by atoms with Crippen molar-refractivity contribution in [3.8, 4) is 11.5 Å². The number of rotatable bonds is 16. The highest BCUT2D eigenvalue weighted by Crippen LogP contribution is 2.29. The molecule has 0 aromatic heterocycles. The van der Waals surface area contributed by atoms with Gasteiger partial charge < -0.3 is 31.5 Å². The van der Waals surface area contributed by atoms with Gasteiger partial charge in [0.05, 0.1) is 23.9 Å². The summed E-state index contributed by atoms with van der Waals surface area (Å²) in [5.41, 5.74) is 17.9. The van der Waals surface area contributed by atoms with Crippen LogP contribution in [0.5, 0.6) is 11.5 Å². The summed E-state index contributed by atoms with van der Waals surface area (Å²) < 4.78 is 6.02. The van der Waals surface area contributed by atoms with E-state index in [4.69, 9.17) is 16.2 Å². The number of hydrogen-bond acceptors (Lipinski definition) is 8. The molecule has 0 saturated heterocycles. The van der Waals surface area contributed by atoms with Crippen molar-refractivity contribution in [2.45, 2.75) is 95.4 Å². The lowest BCUT2D eigenvalue weighted by Gasteiger charge is -2.23. The SMILES string of the molecule is NC(N)c1cccc(CC2=CN=C3C[NH+](COc4cc(CCC(=O)CC(O)CC(O)CCC5CCCCC5)ccc4O)C=C23)c1. The molecule has 2 heterocycles. The first-order valence-corrected chi connectivity index (χ1v) is 16.5. The molecule has 0 amide bonds. The Kier molecular flexibility index (Phi) is 11.6. The van der Waals surface area contributed by atoms with Crippen molar-refractivity contribution in [1.29, 1.82) is 0 Å². The maximum atomic E-state index is 12.6. The average molecular weight is 618 g/mol. The summed E-state index contributed by atoms with van der Waals surface area (Å²) in [5.74, 6) is 1.07. The first-order valence-electron chi connectivity index (χ1n) is 16.5. The van der Waals surface area contributed by atoms with Gasteiger partial charge in [0, 0.05) is 19.0 Å². The second kappa shape index (κ2) is 15.8. The number of aryl methyl sites for hydroxylation is 1. The number of nitrogens with zero attached hydrogens (tertiary/aromatic N) is 1. The summed E-state index contributed by atoms with van der Waals surface area (Å²) in [7, 11) is 0. The molecule has 1 aliphatic carbocycles. The van der Waals surface area contributed by atoms with Gasteiger partial charge in [-0.2, -0.15) is 0 Å². The van der Waals surface area contributed by atoms with Crippen molar-refractivity contribution in [2.24, 2.45) is 22.4 Å². The fourth-order valence-electron chi connectivity index (χ4n) is 6.70.